The Balaban J connectivity index is 2.90. The zero-order chi connectivity index (χ0) is 11.9. The van der Waals surface area contributed by atoms with Crippen LogP contribution in [0, 0.1) is 10.1 Å². The van der Waals surface area contributed by atoms with Crippen LogP contribution in [0.2, 0.25) is 0 Å². The Kier molecular flexibility index (Phi) is 2.01. The molecule has 82 valence electrons. The Hall–Kier alpha value is -2.57. The van der Waals surface area contributed by atoms with Crippen LogP contribution in [-0.4, -0.2) is 25.8 Å². The number of aromatic nitrogens is 1. The van der Waals surface area contributed by atoms with Crippen molar-refractivity contribution in [2.75, 3.05) is 0 Å². The zero-order valence-electron chi connectivity index (χ0n) is 7.82. The van der Waals surface area contributed by atoms with Crippen LogP contribution in [-0.2, 0) is 0 Å². The minimum atomic E-state index is -1.31. The maximum absolute atomic E-state index is 10.8. The van der Waals surface area contributed by atoms with Gasteiger partial charge in [-0.2, -0.15) is 0 Å². The van der Waals surface area contributed by atoms with Crippen molar-refractivity contribution in [3.05, 3.63) is 34.5 Å². The summed E-state index contributed by atoms with van der Waals surface area (Å²) < 4.78 is 0.734. The molecule has 0 aliphatic carbocycles. The van der Waals surface area contributed by atoms with Gasteiger partial charge in [0.25, 0.3) is 5.69 Å². The van der Waals surface area contributed by atoms with Crippen LogP contribution in [0.15, 0.2) is 24.4 Å². The summed E-state index contributed by atoms with van der Waals surface area (Å²) >= 11 is 0. The molecule has 1 aromatic carbocycles. The third kappa shape index (κ3) is 1.26. The van der Waals surface area contributed by atoms with Crippen molar-refractivity contribution in [3.8, 4) is 5.75 Å². The molecule has 16 heavy (non-hydrogen) atoms. The van der Waals surface area contributed by atoms with Crippen LogP contribution in [0.3, 0.4) is 0 Å². The molecule has 2 rings (SSSR count). The second-order valence-electron chi connectivity index (χ2n) is 3.10. The highest BCUT2D eigenvalue weighted by molar-refractivity contribution is 5.99. The van der Waals surface area contributed by atoms with Crippen LogP contribution in [0.1, 0.15) is 0 Å². The predicted molar refractivity (Wildman–Crippen MR) is 53.7 cm³/mol. The van der Waals surface area contributed by atoms with E-state index in [1.54, 1.807) is 0 Å². The number of hydrogen-bond donors (Lipinski definition) is 2. The molecule has 0 spiro atoms. The fourth-order valence-corrected chi connectivity index (χ4v) is 1.56. The van der Waals surface area contributed by atoms with Crippen molar-refractivity contribution in [3.63, 3.8) is 0 Å². The minimum absolute atomic E-state index is 0.0742. The first-order valence-electron chi connectivity index (χ1n) is 4.23. The largest absolute Gasteiger partial charge is 0.505 e. The number of carbonyl (C=O) groups is 1. The number of benzene rings is 1. The summed E-state index contributed by atoms with van der Waals surface area (Å²) in [6.45, 7) is 0. The zero-order valence-corrected chi connectivity index (χ0v) is 7.82. The number of nitro benzene ring substituents is 1. The summed E-state index contributed by atoms with van der Waals surface area (Å²) in [4.78, 5) is 20.8. The molecule has 0 saturated heterocycles. The highest BCUT2D eigenvalue weighted by Gasteiger charge is 2.20. The Morgan fingerprint density at radius 2 is 2.12 bits per heavy atom. The van der Waals surface area contributed by atoms with E-state index in [0.717, 1.165) is 10.8 Å². The molecule has 2 N–H and O–H groups in total. The number of carboxylic acid groups (broad SMARTS) is 1. The predicted octanol–water partition coefficient (Wildman–Crippen LogP) is 1.78. The van der Waals surface area contributed by atoms with Gasteiger partial charge in [0.1, 0.15) is 11.1 Å². The lowest BCUT2D eigenvalue weighted by Gasteiger charge is -1.97. The quantitative estimate of drug-likeness (QED) is 0.565. The van der Waals surface area contributed by atoms with Crippen LogP contribution < -0.4 is 0 Å². The highest BCUT2D eigenvalue weighted by Crippen LogP contribution is 2.34. The summed E-state index contributed by atoms with van der Waals surface area (Å²) in [5, 5.41) is 28.9. The molecule has 0 unspecified atom stereocenters. The smallest absolute Gasteiger partial charge is 0.416 e. The van der Waals surface area contributed by atoms with Crippen LogP contribution in [0.4, 0.5) is 10.5 Å². The van der Waals surface area contributed by atoms with Crippen molar-refractivity contribution in [2.45, 2.75) is 0 Å². The minimum Gasteiger partial charge on any atom is -0.505 e. The van der Waals surface area contributed by atoms with E-state index >= 15 is 0 Å². The fraction of sp³-hybridized carbons (Fsp3) is 0. The monoisotopic (exact) mass is 222 g/mol. The molecule has 0 amide bonds. The lowest BCUT2D eigenvalue weighted by atomic mass is 10.2. The molecular formula is C9H6N2O5. The topological polar surface area (TPSA) is 106 Å². The molecule has 0 atom stereocenters. The first kappa shape index (κ1) is 9.97. The van der Waals surface area contributed by atoms with E-state index in [-0.39, 0.29) is 16.6 Å². The van der Waals surface area contributed by atoms with E-state index in [9.17, 15) is 20.0 Å². The van der Waals surface area contributed by atoms with Gasteiger partial charge in [-0.3, -0.25) is 10.1 Å². The molecule has 0 fully saturated rings. The molecule has 2 aromatic rings. The van der Waals surface area contributed by atoms with Gasteiger partial charge in [0, 0.05) is 6.07 Å². The maximum atomic E-state index is 10.8. The molecule has 7 heteroatoms. The van der Waals surface area contributed by atoms with Gasteiger partial charge >= 0.3 is 6.09 Å². The van der Waals surface area contributed by atoms with Crippen LogP contribution in [0.5, 0.6) is 5.75 Å². The van der Waals surface area contributed by atoms with Crippen molar-refractivity contribution >= 4 is 22.7 Å². The maximum Gasteiger partial charge on any atom is 0.416 e. The van der Waals surface area contributed by atoms with E-state index in [4.69, 9.17) is 5.11 Å². The molecule has 1 heterocycles. The first-order valence-corrected chi connectivity index (χ1v) is 4.23. The van der Waals surface area contributed by atoms with Crippen molar-refractivity contribution in [1.29, 1.82) is 0 Å². The van der Waals surface area contributed by atoms with Gasteiger partial charge in [0.2, 0.25) is 0 Å². The Bertz CT molecular complexity index is 601. The van der Waals surface area contributed by atoms with E-state index in [1.807, 2.05) is 0 Å². The van der Waals surface area contributed by atoms with Gasteiger partial charge in [-0.1, -0.05) is 6.07 Å². The molecule has 0 aliphatic rings. The first-order chi connectivity index (χ1) is 7.52. The fourth-order valence-electron chi connectivity index (χ4n) is 1.56. The Morgan fingerprint density at radius 3 is 2.69 bits per heavy atom. The number of nitro groups is 1. The molecule has 0 radical (unpaired) electrons. The second kappa shape index (κ2) is 3.23. The van der Waals surface area contributed by atoms with Crippen LogP contribution >= 0.6 is 0 Å². The number of non-ortho nitro benzene ring substituents is 1. The molecular weight excluding hydrogens is 216 g/mol. The number of hydrogen-bond acceptors (Lipinski definition) is 4. The molecule has 1 aromatic heterocycles. The Morgan fingerprint density at radius 1 is 1.44 bits per heavy atom. The van der Waals surface area contributed by atoms with Gasteiger partial charge in [0.15, 0.2) is 0 Å². The van der Waals surface area contributed by atoms with Gasteiger partial charge < -0.3 is 10.2 Å². The van der Waals surface area contributed by atoms with Gasteiger partial charge in [0.05, 0.1) is 16.6 Å². The Labute approximate surface area is 88.3 Å². The molecule has 7 nitrogen and oxygen atoms in total. The lowest BCUT2D eigenvalue weighted by molar-refractivity contribution is -0.383. The normalized spacial score (nSPS) is 10.5. The SMILES string of the molecule is O=C(O)n1cc(O)c2c([N+](=O)[O-])cccc21. The number of fused-ring (bicyclic) bond motifs is 1. The summed E-state index contributed by atoms with van der Waals surface area (Å²) in [7, 11) is 0. The average Bonchev–Trinajstić information content (AvgIpc) is 2.56. The van der Waals surface area contributed by atoms with Gasteiger partial charge in [-0.05, 0) is 6.07 Å². The standard InChI is InChI=1S/C9H6N2O5/c12-7-4-10(9(13)14)5-2-1-3-6(8(5)7)11(15)16/h1-4,12H,(H,13,14). The van der Waals surface area contributed by atoms with Crippen LogP contribution in [0.25, 0.3) is 10.9 Å². The summed E-state index contributed by atoms with van der Waals surface area (Å²) in [5.41, 5.74) is -0.241. The number of rotatable bonds is 1. The molecule has 0 aliphatic heterocycles. The second-order valence-corrected chi connectivity index (χ2v) is 3.10. The summed E-state index contributed by atoms with van der Waals surface area (Å²) in [6.07, 6.45) is -0.384. The molecule has 0 bridgehead atoms. The summed E-state index contributed by atoms with van der Waals surface area (Å²) in [5.74, 6) is -0.426. The lowest BCUT2D eigenvalue weighted by Crippen LogP contribution is -2.05. The number of aromatic hydroxyl groups is 1. The van der Waals surface area contributed by atoms with Gasteiger partial charge in [-0.15, -0.1) is 0 Å². The number of nitrogens with zero attached hydrogens (tertiary/aromatic N) is 2. The van der Waals surface area contributed by atoms with Crippen molar-refractivity contribution in [1.82, 2.24) is 4.57 Å². The third-order valence-corrected chi connectivity index (χ3v) is 2.19. The van der Waals surface area contributed by atoms with E-state index < -0.39 is 16.8 Å². The molecule has 0 saturated carbocycles. The van der Waals surface area contributed by atoms with E-state index in [0.29, 0.717) is 0 Å². The van der Waals surface area contributed by atoms with Crippen molar-refractivity contribution < 1.29 is 19.9 Å². The third-order valence-electron chi connectivity index (χ3n) is 2.19. The van der Waals surface area contributed by atoms with E-state index in [1.165, 1.54) is 18.2 Å². The van der Waals surface area contributed by atoms with E-state index in [2.05, 4.69) is 0 Å². The van der Waals surface area contributed by atoms with Gasteiger partial charge in [-0.25, -0.2) is 9.36 Å². The summed E-state index contributed by atoms with van der Waals surface area (Å²) in [6, 6.07) is 3.95. The van der Waals surface area contributed by atoms with Crippen molar-refractivity contribution in [2.24, 2.45) is 0 Å². The highest BCUT2D eigenvalue weighted by atomic mass is 16.6. The average molecular weight is 222 g/mol.